The van der Waals surface area contributed by atoms with Gasteiger partial charge in [-0.2, -0.15) is 0 Å². The van der Waals surface area contributed by atoms with Gasteiger partial charge in [0.05, 0.1) is 0 Å². The topological polar surface area (TPSA) is 12.0 Å². The second-order valence-corrected chi connectivity index (χ2v) is 7.28. The van der Waals surface area contributed by atoms with E-state index in [0.717, 1.165) is 12.0 Å². The lowest BCUT2D eigenvalue weighted by Gasteiger charge is -2.31. The Bertz CT molecular complexity index is 457. The van der Waals surface area contributed by atoms with E-state index < -0.39 is 0 Å². The number of benzene rings is 1. The monoisotopic (exact) mass is 285 g/mol. The summed E-state index contributed by atoms with van der Waals surface area (Å²) < 4.78 is 0. The van der Waals surface area contributed by atoms with E-state index in [1.165, 1.54) is 63.4 Å². The number of nitrogens with one attached hydrogen (secondary N) is 1. The van der Waals surface area contributed by atoms with E-state index in [1.54, 1.807) is 11.1 Å². The molecule has 1 aromatic carbocycles. The van der Waals surface area contributed by atoms with E-state index >= 15 is 0 Å². The van der Waals surface area contributed by atoms with Gasteiger partial charge in [0.25, 0.3) is 0 Å². The second-order valence-electron chi connectivity index (χ2n) is 7.28. The zero-order valence-electron chi connectivity index (χ0n) is 13.8. The minimum atomic E-state index is 0.503. The molecule has 0 spiro atoms. The molecule has 0 radical (unpaired) electrons. The summed E-state index contributed by atoms with van der Waals surface area (Å²) in [6.45, 7) is 4.66. The Balaban J connectivity index is 1.53. The Morgan fingerprint density at radius 3 is 2.62 bits per heavy atom. The Morgan fingerprint density at radius 1 is 1.10 bits per heavy atom. The van der Waals surface area contributed by atoms with Crippen molar-refractivity contribution >= 4 is 0 Å². The van der Waals surface area contributed by atoms with E-state index in [9.17, 15) is 0 Å². The molecule has 0 saturated heterocycles. The zero-order chi connectivity index (χ0) is 14.7. The van der Waals surface area contributed by atoms with Crippen molar-refractivity contribution in [2.45, 2.75) is 83.7 Å². The predicted molar refractivity (Wildman–Crippen MR) is 90.7 cm³/mol. The van der Waals surface area contributed by atoms with Gasteiger partial charge in [0.1, 0.15) is 0 Å². The molecule has 1 aromatic rings. The van der Waals surface area contributed by atoms with Gasteiger partial charge in [0.2, 0.25) is 0 Å². The molecule has 0 aliphatic heterocycles. The summed E-state index contributed by atoms with van der Waals surface area (Å²) in [6.07, 6.45) is 12.3. The largest absolute Gasteiger partial charge is 0.307 e. The van der Waals surface area contributed by atoms with Crippen LogP contribution in [0.3, 0.4) is 0 Å². The molecular weight excluding hydrogens is 254 g/mol. The normalized spacial score (nSPS) is 26.6. The van der Waals surface area contributed by atoms with Gasteiger partial charge in [0, 0.05) is 12.1 Å². The fraction of sp³-hybridized carbons (Fsp3) is 0.700. The summed E-state index contributed by atoms with van der Waals surface area (Å²) in [6, 6.07) is 8.42. The fourth-order valence-corrected chi connectivity index (χ4v) is 4.34. The second kappa shape index (κ2) is 6.96. The van der Waals surface area contributed by atoms with Crippen molar-refractivity contribution < 1.29 is 0 Å². The molecule has 1 heteroatoms. The molecule has 1 N–H and O–H groups in total. The van der Waals surface area contributed by atoms with Crippen molar-refractivity contribution in [3.8, 4) is 0 Å². The average Bonchev–Trinajstić information content (AvgIpc) is 2.97. The molecule has 0 heterocycles. The minimum Gasteiger partial charge on any atom is -0.307 e. The van der Waals surface area contributed by atoms with Crippen molar-refractivity contribution in [3.05, 3.63) is 34.9 Å². The van der Waals surface area contributed by atoms with Crippen LogP contribution in [0.15, 0.2) is 18.2 Å². The highest BCUT2D eigenvalue weighted by atomic mass is 14.9. The van der Waals surface area contributed by atoms with Crippen LogP contribution in [-0.2, 0) is 12.8 Å². The van der Waals surface area contributed by atoms with Gasteiger partial charge < -0.3 is 5.32 Å². The number of rotatable bonds is 5. The standard InChI is InChI=1S/C20H31N/c1-3-5-16-8-12-20(13-9-16)21-15(2)18-11-10-17-6-4-7-19(17)14-18/h10-11,14-16,20-21H,3-9,12-13H2,1-2H3. The maximum atomic E-state index is 3.89. The molecule has 0 amide bonds. The van der Waals surface area contributed by atoms with Crippen molar-refractivity contribution in [1.29, 1.82) is 0 Å². The van der Waals surface area contributed by atoms with Crippen LogP contribution < -0.4 is 5.32 Å². The Hall–Kier alpha value is -0.820. The predicted octanol–water partition coefficient (Wildman–Crippen LogP) is 5.18. The zero-order valence-corrected chi connectivity index (χ0v) is 13.8. The molecule has 21 heavy (non-hydrogen) atoms. The molecule has 1 atom stereocenters. The average molecular weight is 285 g/mol. The summed E-state index contributed by atoms with van der Waals surface area (Å²) in [7, 11) is 0. The van der Waals surface area contributed by atoms with E-state index in [2.05, 4.69) is 37.4 Å². The first-order valence-electron chi connectivity index (χ1n) is 9.14. The van der Waals surface area contributed by atoms with Gasteiger partial charge in [0.15, 0.2) is 0 Å². The number of hydrogen-bond donors (Lipinski definition) is 1. The van der Waals surface area contributed by atoms with Gasteiger partial charge in [-0.15, -0.1) is 0 Å². The molecule has 1 unspecified atom stereocenters. The van der Waals surface area contributed by atoms with Gasteiger partial charge >= 0.3 is 0 Å². The number of fused-ring (bicyclic) bond motifs is 1. The molecule has 0 aromatic heterocycles. The van der Waals surface area contributed by atoms with Crippen LogP contribution in [0.5, 0.6) is 0 Å². The van der Waals surface area contributed by atoms with Gasteiger partial charge in [-0.1, -0.05) is 38.0 Å². The highest BCUT2D eigenvalue weighted by molar-refractivity contribution is 5.36. The van der Waals surface area contributed by atoms with E-state index in [0.29, 0.717) is 6.04 Å². The third kappa shape index (κ3) is 3.69. The molecule has 0 bridgehead atoms. The SMILES string of the molecule is CCCC1CCC(NC(C)c2ccc3c(c2)CCC3)CC1. The van der Waals surface area contributed by atoms with Crippen LogP contribution in [0, 0.1) is 5.92 Å². The maximum absolute atomic E-state index is 3.89. The van der Waals surface area contributed by atoms with Crippen molar-refractivity contribution in [2.75, 3.05) is 0 Å². The molecular formula is C20H31N. The molecule has 116 valence electrons. The summed E-state index contributed by atoms with van der Waals surface area (Å²) in [5, 5.41) is 3.89. The lowest BCUT2D eigenvalue weighted by Crippen LogP contribution is -2.35. The highest BCUT2D eigenvalue weighted by Gasteiger charge is 2.22. The highest BCUT2D eigenvalue weighted by Crippen LogP contribution is 2.30. The third-order valence-electron chi connectivity index (χ3n) is 5.65. The first-order valence-corrected chi connectivity index (χ1v) is 9.14. The lowest BCUT2D eigenvalue weighted by atomic mass is 9.83. The third-order valence-corrected chi connectivity index (χ3v) is 5.65. The first kappa shape index (κ1) is 15.1. The molecule has 1 fully saturated rings. The van der Waals surface area contributed by atoms with Crippen LogP contribution in [0.2, 0.25) is 0 Å². The number of aryl methyl sites for hydroxylation is 2. The van der Waals surface area contributed by atoms with Crippen molar-refractivity contribution in [2.24, 2.45) is 5.92 Å². The van der Waals surface area contributed by atoms with E-state index in [1.807, 2.05) is 0 Å². The summed E-state index contributed by atoms with van der Waals surface area (Å²) in [5.74, 6) is 1.00. The van der Waals surface area contributed by atoms with Gasteiger partial charge in [-0.05, 0) is 74.5 Å². The number of hydrogen-bond acceptors (Lipinski definition) is 1. The van der Waals surface area contributed by atoms with Crippen LogP contribution in [0.4, 0.5) is 0 Å². The maximum Gasteiger partial charge on any atom is 0.0294 e. The summed E-state index contributed by atoms with van der Waals surface area (Å²) in [4.78, 5) is 0. The molecule has 2 aliphatic carbocycles. The van der Waals surface area contributed by atoms with Crippen molar-refractivity contribution in [1.82, 2.24) is 5.32 Å². The van der Waals surface area contributed by atoms with Gasteiger partial charge in [-0.25, -0.2) is 0 Å². The van der Waals surface area contributed by atoms with Gasteiger partial charge in [-0.3, -0.25) is 0 Å². The summed E-state index contributed by atoms with van der Waals surface area (Å²) >= 11 is 0. The molecule has 1 saturated carbocycles. The minimum absolute atomic E-state index is 0.503. The Labute approximate surface area is 130 Å². The van der Waals surface area contributed by atoms with E-state index in [4.69, 9.17) is 0 Å². The first-order chi connectivity index (χ1) is 10.3. The Kier molecular flexibility index (Phi) is 5.00. The quantitative estimate of drug-likeness (QED) is 0.785. The smallest absolute Gasteiger partial charge is 0.0294 e. The molecule has 1 nitrogen and oxygen atoms in total. The molecule has 3 rings (SSSR count). The van der Waals surface area contributed by atoms with Crippen molar-refractivity contribution in [3.63, 3.8) is 0 Å². The van der Waals surface area contributed by atoms with Crippen LogP contribution in [0.25, 0.3) is 0 Å². The van der Waals surface area contributed by atoms with E-state index in [-0.39, 0.29) is 0 Å². The fourth-order valence-electron chi connectivity index (χ4n) is 4.34. The van der Waals surface area contributed by atoms with Crippen LogP contribution in [0.1, 0.15) is 81.5 Å². The molecule has 2 aliphatic rings. The van der Waals surface area contributed by atoms with Crippen LogP contribution in [-0.4, -0.2) is 6.04 Å². The van der Waals surface area contributed by atoms with Crippen LogP contribution >= 0.6 is 0 Å². The Morgan fingerprint density at radius 2 is 1.86 bits per heavy atom. The lowest BCUT2D eigenvalue weighted by molar-refractivity contribution is 0.266. The summed E-state index contributed by atoms with van der Waals surface area (Å²) in [5.41, 5.74) is 4.69.